The van der Waals surface area contributed by atoms with Crippen LogP contribution in [0.5, 0.6) is 0 Å². The predicted octanol–water partition coefficient (Wildman–Crippen LogP) is 1.24. The maximum atomic E-state index is 10.5. The quantitative estimate of drug-likeness (QED) is 0.819. The number of halogens is 1. The second-order valence-corrected chi connectivity index (χ2v) is 2.95. The molecule has 0 aliphatic carbocycles. The van der Waals surface area contributed by atoms with E-state index in [0.717, 1.165) is 12.4 Å². The van der Waals surface area contributed by atoms with Gasteiger partial charge in [0.25, 0.3) is 0 Å². The zero-order valence-corrected chi connectivity index (χ0v) is 7.78. The Morgan fingerprint density at radius 1 is 1.15 bits per heavy atom. The molecule has 0 fully saturated rings. The zero-order chi connectivity index (χ0) is 10.0. The standard InChI is InChI=1S/C7H4BrNO4/c8-5-3(6(10)11)1-9-2-4(5)7(12)13/h1-2H,(H,10,11)(H,12,13). The molecule has 0 spiro atoms. The lowest BCUT2D eigenvalue weighted by Crippen LogP contribution is -2.05. The number of aromatic nitrogens is 1. The van der Waals surface area contributed by atoms with Gasteiger partial charge in [0.2, 0.25) is 0 Å². The number of nitrogens with zero attached hydrogens (tertiary/aromatic N) is 1. The molecule has 0 bridgehead atoms. The fourth-order valence-electron chi connectivity index (χ4n) is 0.743. The molecule has 0 unspecified atom stereocenters. The van der Waals surface area contributed by atoms with Crippen molar-refractivity contribution in [2.75, 3.05) is 0 Å². The highest BCUT2D eigenvalue weighted by atomic mass is 79.9. The van der Waals surface area contributed by atoms with Gasteiger partial charge < -0.3 is 10.2 Å². The van der Waals surface area contributed by atoms with Crippen molar-refractivity contribution in [2.24, 2.45) is 0 Å². The topological polar surface area (TPSA) is 87.5 Å². The summed E-state index contributed by atoms with van der Waals surface area (Å²) in [5.41, 5.74) is -0.334. The van der Waals surface area contributed by atoms with Gasteiger partial charge in [0.05, 0.1) is 11.1 Å². The number of carboxylic acid groups (broad SMARTS) is 2. The first-order valence-corrected chi connectivity index (χ1v) is 3.93. The predicted molar refractivity (Wildman–Crippen MR) is 45.9 cm³/mol. The van der Waals surface area contributed by atoms with Crippen molar-refractivity contribution in [3.63, 3.8) is 0 Å². The summed E-state index contributed by atoms with van der Waals surface area (Å²) in [7, 11) is 0. The van der Waals surface area contributed by atoms with Crippen LogP contribution in [0.3, 0.4) is 0 Å². The van der Waals surface area contributed by atoms with Gasteiger partial charge in [-0.3, -0.25) is 4.98 Å². The monoisotopic (exact) mass is 245 g/mol. The van der Waals surface area contributed by atoms with Crippen LogP contribution in [0.1, 0.15) is 20.7 Å². The minimum atomic E-state index is -1.22. The molecule has 68 valence electrons. The highest BCUT2D eigenvalue weighted by molar-refractivity contribution is 9.10. The van der Waals surface area contributed by atoms with Crippen molar-refractivity contribution >= 4 is 27.9 Å². The molecule has 0 amide bonds. The van der Waals surface area contributed by atoms with Crippen molar-refractivity contribution in [1.82, 2.24) is 4.98 Å². The normalized spacial score (nSPS) is 9.62. The van der Waals surface area contributed by atoms with E-state index in [1.54, 1.807) is 0 Å². The Bertz CT molecular complexity index is 345. The fraction of sp³-hybridized carbons (Fsp3) is 0. The highest BCUT2D eigenvalue weighted by Gasteiger charge is 2.16. The molecule has 1 aromatic rings. The summed E-state index contributed by atoms with van der Waals surface area (Å²) in [6.45, 7) is 0. The molecule has 0 saturated heterocycles. The summed E-state index contributed by atoms with van der Waals surface area (Å²) in [6.07, 6.45) is 2.16. The zero-order valence-electron chi connectivity index (χ0n) is 6.19. The van der Waals surface area contributed by atoms with E-state index in [0.29, 0.717) is 0 Å². The summed E-state index contributed by atoms with van der Waals surface area (Å²) in [6, 6.07) is 0. The van der Waals surface area contributed by atoms with Crippen LogP contribution < -0.4 is 0 Å². The lowest BCUT2D eigenvalue weighted by molar-refractivity contribution is 0.0695. The van der Waals surface area contributed by atoms with Gasteiger partial charge >= 0.3 is 11.9 Å². The van der Waals surface area contributed by atoms with Gasteiger partial charge in [-0.15, -0.1) is 0 Å². The van der Waals surface area contributed by atoms with Gasteiger partial charge in [0.15, 0.2) is 0 Å². The molecule has 6 heteroatoms. The molecule has 0 saturated carbocycles. The first kappa shape index (κ1) is 9.66. The lowest BCUT2D eigenvalue weighted by atomic mass is 10.2. The van der Waals surface area contributed by atoms with E-state index in [1.165, 1.54) is 0 Å². The Labute approximate surface area is 81.2 Å². The molecule has 1 aromatic heterocycles. The van der Waals surface area contributed by atoms with E-state index in [2.05, 4.69) is 20.9 Å². The highest BCUT2D eigenvalue weighted by Crippen LogP contribution is 2.20. The summed E-state index contributed by atoms with van der Waals surface area (Å²) in [5, 5.41) is 17.2. The van der Waals surface area contributed by atoms with Crippen LogP contribution >= 0.6 is 15.9 Å². The first-order chi connectivity index (χ1) is 6.04. The van der Waals surface area contributed by atoms with Gasteiger partial charge in [-0.25, -0.2) is 9.59 Å². The van der Waals surface area contributed by atoms with E-state index in [4.69, 9.17) is 10.2 Å². The van der Waals surface area contributed by atoms with E-state index in [1.807, 2.05) is 0 Å². The van der Waals surface area contributed by atoms with Crippen molar-refractivity contribution in [2.45, 2.75) is 0 Å². The molecule has 13 heavy (non-hydrogen) atoms. The molecule has 0 radical (unpaired) electrons. The van der Waals surface area contributed by atoms with E-state index < -0.39 is 11.9 Å². The Balaban J connectivity index is 3.35. The third-order valence-electron chi connectivity index (χ3n) is 1.34. The van der Waals surface area contributed by atoms with E-state index >= 15 is 0 Å². The average molecular weight is 246 g/mol. The number of pyridine rings is 1. The minimum absolute atomic E-state index is 0.0301. The van der Waals surface area contributed by atoms with Crippen molar-refractivity contribution in [3.8, 4) is 0 Å². The van der Waals surface area contributed by atoms with Crippen LogP contribution in [0.15, 0.2) is 16.9 Å². The molecule has 0 aliphatic heterocycles. The molecule has 0 aliphatic rings. The Hall–Kier alpha value is -1.43. The second kappa shape index (κ2) is 3.53. The van der Waals surface area contributed by atoms with Gasteiger partial charge in [-0.2, -0.15) is 0 Å². The van der Waals surface area contributed by atoms with Crippen molar-refractivity contribution in [1.29, 1.82) is 0 Å². The summed E-state index contributed by atoms with van der Waals surface area (Å²) in [5.74, 6) is -2.44. The average Bonchev–Trinajstić information content (AvgIpc) is 2.03. The van der Waals surface area contributed by atoms with Crippen LogP contribution in [-0.4, -0.2) is 27.1 Å². The molecule has 0 aromatic carbocycles. The van der Waals surface area contributed by atoms with Crippen molar-refractivity contribution in [3.05, 3.63) is 28.0 Å². The SMILES string of the molecule is O=C(O)c1cncc(C(=O)O)c1Br. The second-order valence-electron chi connectivity index (χ2n) is 2.16. The number of aromatic carboxylic acids is 2. The number of carboxylic acids is 2. The number of rotatable bonds is 2. The maximum Gasteiger partial charge on any atom is 0.338 e. The summed E-state index contributed by atoms with van der Waals surface area (Å²) < 4.78 is 0.0301. The third-order valence-corrected chi connectivity index (χ3v) is 2.20. The Morgan fingerprint density at radius 3 is 1.85 bits per heavy atom. The molecule has 0 atom stereocenters. The van der Waals surface area contributed by atoms with E-state index in [-0.39, 0.29) is 15.6 Å². The summed E-state index contributed by atoms with van der Waals surface area (Å²) in [4.78, 5) is 24.6. The summed E-state index contributed by atoms with van der Waals surface area (Å²) >= 11 is 2.88. The molecule has 5 nitrogen and oxygen atoms in total. The van der Waals surface area contributed by atoms with Crippen LogP contribution in [0.4, 0.5) is 0 Å². The molecule has 1 heterocycles. The molecule has 1 rings (SSSR count). The van der Waals surface area contributed by atoms with Crippen LogP contribution in [0.2, 0.25) is 0 Å². The minimum Gasteiger partial charge on any atom is -0.478 e. The molecular formula is C7H4BrNO4. The number of carbonyl (C=O) groups is 2. The maximum absolute atomic E-state index is 10.5. The van der Waals surface area contributed by atoms with Crippen LogP contribution in [0, 0.1) is 0 Å². The Kier molecular flexibility index (Phi) is 2.62. The van der Waals surface area contributed by atoms with Gasteiger partial charge in [-0.1, -0.05) is 0 Å². The third kappa shape index (κ3) is 1.83. The van der Waals surface area contributed by atoms with Gasteiger partial charge in [0, 0.05) is 16.9 Å². The molecular weight excluding hydrogens is 242 g/mol. The van der Waals surface area contributed by atoms with Gasteiger partial charge in [0.1, 0.15) is 0 Å². The molecule has 2 N–H and O–H groups in total. The lowest BCUT2D eigenvalue weighted by Gasteiger charge is -2.00. The number of hydrogen-bond acceptors (Lipinski definition) is 3. The first-order valence-electron chi connectivity index (χ1n) is 3.14. The number of hydrogen-bond donors (Lipinski definition) is 2. The fourth-order valence-corrected chi connectivity index (χ4v) is 1.29. The largest absolute Gasteiger partial charge is 0.478 e. The van der Waals surface area contributed by atoms with Gasteiger partial charge in [-0.05, 0) is 15.9 Å². The van der Waals surface area contributed by atoms with E-state index in [9.17, 15) is 9.59 Å². The Morgan fingerprint density at radius 2 is 1.54 bits per heavy atom. The van der Waals surface area contributed by atoms with Crippen LogP contribution in [-0.2, 0) is 0 Å². The van der Waals surface area contributed by atoms with Crippen LogP contribution in [0.25, 0.3) is 0 Å². The smallest absolute Gasteiger partial charge is 0.338 e. The van der Waals surface area contributed by atoms with Crippen molar-refractivity contribution < 1.29 is 19.8 Å².